The van der Waals surface area contributed by atoms with Crippen LogP contribution in [0.2, 0.25) is 0 Å². The van der Waals surface area contributed by atoms with Crippen molar-refractivity contribution >= 4 is 21.9 Å². The molecule has 0 atom stereocenters. The van der Waals surface area contributed by atoms with Gasteiger partial charge < -0.3 is 18.1 Å². The molecule has 30 heavy (non-hydrogen) atoms. The van der Waals surface area contributed by atoms with Crippen LogP contribution in [0.4, 0.5) is 0 Å². The van der Waals surface area contributed by atoms with Crippen molar-refractivity contribution in [2.45, 2.75) is 0 Å². The molecule has 1 aliphatic heterocycles. The van der Waals surface area contributed by atoms with Crippen LogP contribution in [0.25, 0.3) is 0 Å². The third-order valence-electron chi connectivity index (χ3n) is 2.90. The Hall–Kier alpha value is -0.920. The second-order valence-electron chi connectivity index (χ2n) is 5.32. The van der Waals surface area contributed by atoms with Gasteiger partial charge in [0, 0.05) is 5.20 Å². The lowest BCUT2D eigenvalue weighted by atomic mass is 10.7. The zero-order valence-corrected chi connectivity index (χ0v) is 19.8. The van der Waals surface area contributed by atoms with Crippen LogP contribution in [-0.2, 0) is 27.8 Å². The largest absolute Gasteiger partial charge is 0.335 e. The van der Waals surface area contributed by atoms with Gasteiger partial charge in [-0.25, -0.2) is 0 Å². The van der Waals surface area contributed by atoms with E-state index in [0.717, 1.165) is 0 Å². The van der Waals surface area contributed by atoms with E-state index in [-0.39, 0.29) is 39.6 Å². The Morgan fingerprint density at radius 3 is 1.47 bits per heavy atom. The maximum atomic E-state index is 6.08. The maximum Gasteiger partial charge on any atom is 0.335 e. The Morgan fingerprint density at radius 2 is 1.07 bits per heavy atom. The molecule has 0 radical (unpaired) electrons. The van der Waals surface area contributed by atoms with E-state index in [9.17, 15) is 0 Å². The molecule has 0 aliphatic carbocycles. The third-order valence-corrected chi connectivity index (χ3v) is 13.7. The zero-order valence-electron chi connectivity index (χ0n) is 17.1. The molecule has 0 unspecified atom stereocenters. The minimum Gasteiger partial charge on any atom is -0.315 e. The fourth-order valence-electron chi connectivity index (χ4n) is 1.86. The van der Waals surface area contributed by atoms with Gasteiger partial charge in [-0.2, -0.15) is 0 Å². The van der Waals surface area contributed by atoms with Crippen LogP contribution in [0, 0.1) is 0 Å². The highest BCUT2D eigenvalue weighted by Crippen LogP contribution is 2.79. The zero-order chi connectivity index (χ0) is 22.3. The molecule has 1 heterocycles. The quantitative estimate of drug-likeness (QED) is 0.150. The lowest BCUT2D eigenvalue weighted by molar-refractivity contribution is -1.27. The van der Waals surface area contributed by atoms with E-state index in [4.69, 9.17) is 27.8 Å². The van der Waals surface area contributed by atoms with Crippen LogP contribution in [-0.4, -0.2) is 44.7 Å². The fraction of sp³-hybridized carbons (Fsp3) is 0.333. The second-order valence-corrected chi connectivity index (χ2v) is 14.2. The van der Waals surface area contributed by atoms with Crippen LogP contribution in [0.15, 0.2) is 80.8 Å². The summed E-state index contributed by atoms with van der Waals surface area (Å²) in [4.78, 5) is 16.4. The predicted octanol–water partition coefficient (Wildman–Crippen LogP) is 5.85. The molecule has 0 amide bonds. The molecule has 0 aromatic carbocycles. The van der Waals surface area contributed by atoms with Crippen molar-refractivity contribution in [1.82, 2.24) is 5.20 Å². The lowest BCUT2D eigenvalue weighted by Gasteiger charge is -2.36. The topological polar surface area (TPSA) is 79.8 Å². The van der Waals surface area contributed by atoms with Crippen LogP contribution in [0.3, 0.4) is 0 Å². The predicted molar refractivity (Wildman–Crippen MR) is 123 cm³/mol. The highest BCUT2D eigenvalue weighted by atomic mass is 32.3. The summed E-state index contributed by atoms with van der Waals surface area (Å²) in [6.45, 7) is 23.2. The first-order chi connectivity index (χ1) is 14.5. The molecule has 1 N–H and O–H groups in total. The maximum absolute atomic E-state index is 6.08. The molecule has 0 fully saturated rings. The van der Waals surface area contributed by atoms with E-state index >= 15 is 0 Å². The number of rotatable bonds is 18. The van der Waals surface area contributed by atoms with Gasteiger partial charge in [-0.1, -0.05) is 36.5 Å². The summed E-state index contributed by atoms with van der Waals surface area (Å²) in [6.07, 6.45) is 9.55. The molecule has 9 nitrogen and oxygen atoms in total. The molecule has 0 aromatic heterocycles. The summed E-state index contributed by atoms with van der Waals surface area (Å²) in [7, 11) is -5.47. The first-order valence-electron chi connectivity index (χ1n) is 8.97. The van der Waals surface area contributed by atoms with E-state index in [1.807, 2.05) is 0 Å². The molecule has 0 bridgehead atoms. The number of nitrogens with one attached hydrogen (secondary N) is 1. The van der Waals surface area contributed by atoms with Crippen molar-refractivity contribution in [2.24, 2.45) is 4.85 Å². The standard InChI is InChI=1S/C18H31N3O6P3/c1-7-13-22-21(23-14-8-2)19-29(24-15-9-3,25-16-10-4)28-30(20-21,26-17-11-5)27-18-12-6/h7-12,19H,1-6,13-18H2/q+1. The van der Waals surface area contributed by atoms with E-state index in [2.05, 4.69) is 49.5 Å². The summed E-state index contributed by atoms with van der Waals surface area (Å²) < 4.78 is 24.3. The molecule has 12 heteroatoms. The van der Waals surface area contributed by atoms with Crippen molar-refractivity contribution in [3.8, 4) is 0 Å². The normalized spacial score (nSPS) is 18.8. The Labute approximate surface area is 180 Å². The summed E-state index contributed by atoms with van der Waals surface area (Å²) in [5, 5.41) is 2.29. The van der Waals surface area contributed by atoms with Gasteiger partial charge in [0.25, 0.3) is 7.15 Å². The highest BCUT2D eigenvalue weighted by molar-refractivity contribution is 8.36. The molecule has 168 valence electrons. The van der Waals surface area contributed by atoms with E-state index in [0.29, 0.717) is 7.56 Å². The minimum absolute atomic E-state index is 0.108. The molecule has 0 saturated carbocycles. The minimum atomic E-state index is -3.05. The Bertz CT molecular complexity index is 697. The van der Waals surface area contributed by atoms with Gasteiger partial charge in [0.1, 0.15) is 13.2 Å². The lowest BCUT2D eigenvalue weighted by Crippen LogP contribution is -2.53. The van der Waals surface area contributed by atoms with Crippen molar-refractivity contribution in [3.63, 3.8) is 0 Å². The molecule has 0 aromatic rings. The van der Waals surface area contributed by atoms with Gasteiger partial charge in [0.15, 0.2) is 5.03 Å². The van der Waals surface area contributed by atoms with E-state index in [1.165, 1.54) is 0 Å². The number of hydrogen-bond donors (Lipinski definition) is 1. The first kappa shape index (κ1) is 27.1. The van der Waals surface area contributed by atoms with Crippen molar-refractivity contribution < 1.29 is 32.8 Å². The van der Waals surface area contributed by atoms with Crippen LogP contribution >= 0.6 is 21.9 Å². The Morgan fingerprint density at radius 1 is 0.667 bits per heavy atom. The monoisotopic (exact) mass is 478 g/mol. The number of quaternary nitrogens is 1. The van der Waals surface area contributed by atoms with Gasteiger partial charge in [-0.05, 0) is 0 Å². The van der Waals surface area contributed by atoms with Crippen molar-refractivity contribution in [3.05, 3.63) is 75.9 Å². The molecular formula is C18H31N3O6P3+. The van der Waals surface area contributed by atoms with Gasteiger partial charge >= 0.3 is 7.20 Å². The smallest absolute Gasteiger partial charge is 0.315 e. The highest BCUT2D eigenvalue weighted by Gasteiger charge is 2.51. The molecule has 0 spiro atoms. The summed E-state index contributed by atoms with van der Waals surface area (Å²) in [5.41, 5.74) is 0. The van der Waals surface area contributed by atoms with Gasteiger partial charge in [0.05, 0.1) is 38.8 Å². The number of hydrogen-bond acceptors (Lipinski definition) is 8. The SMILES string of the molecule is C=CCO[N+]1(OCC=C)N=P(OCC=C)(OCC=C)P=P(OCC=C)(OCC=C)N1. The third kappa shape index (κ3) is 8.31. The van der Waals surface area contributed by atoms with Gasteiger partial charge in [0.2, 0.25) is 0 Å². The number of nitrogens with zero attached hydrogens (tertiary/aromatic N) is 2. The van der Waals surface area contributed by atoms with Crippen LogP contribution in [0.1, 0.15) is 0 Å². The van der Waals surface area contributed by atoms with Gasteiger partial charge in [-0.3, -0.25) is 0 Å². The first-order valence-corrected chi connectivity index (χ1v) is 14.5. The average molecular weight is 478 g/mol. The van der Waals surface area contributed by atoms with Crippen LogP contribution < -0.4 is 5.20 Å². The molecule has 1 aliphatic rings. The Balaban J connectivity index is 3.71. The summed E-state index contributed by atoms with van der Waals surface area (Å²) in [6, 6.07) is 0. The fourth-order valence-corrected chi connectivity index (χ4v) is 13.4. The van der Waals surface area contributed by atoms with Gasteiger partial charge in [-0.15, -0.1) is 49.1 Å². The molecule has 1 rings (SSSR count). The summed E-state index contributed by atoms with van der Waals surface area (Å²) in [5.74, 6) is 0. The van der Waals surface area contributed by atoms with E-state index < -0.39 is 19.4 Å². The molecule has 0 saturated heterocycles. The Kier molecular flexibility index (Phi) is 12.8. The molecular weight excluding hydrogens is 447 g/mol. The average Bonchev–Trinajstić information content (AvgIpc) is 2.76. The van der Waals surface area contributed by atoms with E-state index in [1.54, 1.807) is 36.5 Å². The van der Waals surface area contributed by atoms with Crippen LogP contribution in [0.5, 0.6) is 0 Å². The summed E-state index contributed by atoms with van der Waals surface area (Å²) >= 11 is 0. The second kappa shape index (κ2) is 14.2. The van der Waals surface area contributed by atoms with Crippen molar-refractivity contribution in [2.75, 3.05) is 39.6 Å². The van der Waals surface area contributed by atoms with Crippen molar-refractivity contribution in [1.29, 1.82) is 0 Å².